The summed E-state index contributed by atoms with van der Waals surface area (Å²) in [6.07, 6.45) is 6.20. The Kier molecular flexibility index (Phi) is 2.49. The Hall–Kier alpha value is -1.78. The van der Waals surface area contributed by atoms with Crippen LogP contribution in [0, 0.1) is 0 Å². The van der Waals surface area contributed by atoms with Crippen LogP contribution >= 0.6 is 0 Å². The third-order valence-electron chi connectivity index (χ3n) is 3.66. The van der Waals surface area contributed by atoms with E-state index in [1.54, 1.807) is 0 Å². The minimum Gasteiger partial charge on any atom is -0.383 e. The van der Waals surface area contributed by atoms with E-state index < -0.39 is 0 Å². The van der Waals surface area contributed by atoms with Crippen LogP contribution in [-0.2, 0) is 12.5 Å². The van der Waals surface area contributed by atoms with Gasteiger partial charge < -0.3 is 14.9 Å². The molecule has 1 aliphatic carbocycles. The van der Waals surface area contributed by atoms with Gasteiger partial charge in [0.1, 0.15) is 17.3 Å². The summed E-state index contributed by atoms with van der Waals surface area (Å²) in [6, 6.07) is 0.581. The van der Waals surface area contributed by atoms with Gasteiger partial charge >= 0.3 is 0 Å². The predicted octanol–water partition coefficient (Wildman–Crippen LogP) is 2.50. The van der Waals surface area contributed by atoms with Crippen molar-refractivity contribution < 1.29 is 0 Å². The lowest BCUT2D eigenvalue weighted by molar-refractivity contribution is 0.524. The highest BCUT2D eigenvalue weighted by molar-refractivity contribution is 5.68. The van der Waals surface area contributed by atoms with Gasteiger partial charge in [0.2, 0.25) is 0 Å². The molecular formula is C14H21N5. The third kappa shape index (κ3) is 1.93. The smallest absolute Gasteiger partial charge is 0.133 e. The number of imidazole rings is 2. The third-order valence-corrected chi connectivity index (χ3v) is 3.66. The number of hydrogen-bond donors (Lipinski definition) is 1. The largest absolute Gasteiger partial charge is 0.383 e. The van der Waals surface area contributed by atoms with Crippen molar-refractivity contribution >= 4 is 5.82 Å². The molecule has 1 saturated carbocycles. The molecule has 0 spiro atoms. The van der Waals surface area contributed by atoms with Crippen LogP contribution in [-0.4, -0.2) is 19.1 Å². The molecule has 0 amide bonds. The molecule has 5 nitrogen and oxygen atoms in total. The maximum Gasteiger partial charge on any atom is 0.133 e. The lowest BCUT2D eigenvalue weighted by Gasteiger charge is -2.17. The minimum absolute atomic E-state index is 0.0223. The molecule has 0 aliphatic heterocycles. The van der Waals surface area contributed by atoms with E-state index in [0.29, 0.717) is 11.9 Å². The molecule has 102 valence electrons. The first kappa shape index (κ1) is 12.3. The van der Waals surface area contributed by atoms with Crippen molar-refractivity contribution in [1.29, 1.82) is 0 Å². The predicted molar refractivity (Wildman–Crippen MR) is 75.8 cm³/mol. The standard InChI is InChI=1S/C14H21N5/c1-14(2,3)13-17-11(12(15)18(13)4)10-7-16-8-19(10)9-5-6-9/h7-9H,5-6,15H2,1-4H3. The van der Waals surface area contributed by atoms with Crippen LogP contribution in [0.25, 0.3) is 11.4 Å². The van der Waals surface area contributed by atoms with E-state index in [9.17, 15) is 0 Å². The first-order valence-electron chi connectivity index (χ1n) is 6.74. The first-order valence-corrected chi connectivity index (χ1v) is 6.74. The Morgan fingerprint density at radius 2 is 2.00 bits per heavy atom. The van der Waals surface area contributed by atoms with Crippen molar-refractivity contribution in [1.82, 2.24) is 19.1 Å². The molecule has 0 radical (unpaired) electrons. The molecule has 2 aromatic rings. The number of hydrogen-bond acceptors (Lipinski definition) is 3. The SMILES string of the molecule is Cn1c(C(C)(C)C)nc(-c2cncn2C2CC2)c1N. The van der Waals surface area contributed by atoms with Gasteiger partial charge in [-0.3, -0.25) is 0 Å². The highest BCUT2D eigenvalue weighted by Crippen LogP contribution is 2.39. The van der Waals surface area contributed by atoms with E-state index >= 15 is 0 Å². The molecule has 0 unspecified atom stereocenters. The zero-order valence-electron chi connectivity index (χ0n) is 12.0. The Bertz CT molecular complexity index is 610. The van der Waals surface area contributed by atoms with Crippen LogP contribution < -0.4 is 5.73 Å². The Balaban J connectivity index is 2.13. The first-order chi connectivity index (χ1) is 8.89. The maximum atomic E-state index is 6.24. The molecule has 2 heterocycles. The van der Waals surface area contributed by atoms with E-state index in [1.165, 1.54) is 12.8 Å². The second kappa shape index (κ2) is 3.85. The molecule has 0 bridgehead atoms. The van der Waals surface area contributed by atoms with E-state index in [1.807, 2.05) is 24.1 Å². The lowest BCUT2D eigenvalue weighted by Crippen LogP contribution is -2.17. The fraction of sp³-hybridized carbons (Fsp3) is 0.571. The van der Waals surface area contributed by atoms with Gasteiger partial charge in [0, 0.05) is 18.5 Å². The second-order valence-corrected chi connectivity index (χ2v) is 6.40. The van der Waals surface area contributed by atoms with Crippen molar-refractivity contribution in [2.75, 3.05) is 5.73 Å². The molecule has 2 aromatic heterocycles. The van der Waals surface area contributed by atoms with Gasteiger partial charge in [0.15, 0.2) is 0 Å². The summed E-state index contributed by atoms with van der Waals surface area (Å²) in [6.45, 7) is 6.45. The van der Waals surface area contributed by atoms with Gasteiger partial charge in [-0.25, -0.2) is 9.97 Å². The number of rotatable bonds is 2. The number of aromatic nitrogens is 4. The fourth-order valence-electron chi connectivity index (χ4n) is 2.50. The monoisotopic (exact) mass is 259 g/mol. The number of nitrogens with two attached hydrogens (primary N) is 1. The molecule has 0 aromatic carbocycles. The average molecular weight is 259 g/mol. The summed E-state index contributed by atoms with van der Waals surface area (Å²) < 4.78 is 4.19. The lowest BCUT2D eigenvalue weighted by atomic mass is 9.96. The molecule has 2 N–H and O–H groups in total. The van der Waals surface area contributed by atoms with Crippen LogP contribution in [0.15, 0.2) is 12.5 Å². The minimum atomic E-state index is -0.0223. The number of anilines is 1. The van der Waals surface area contributed by atoms with Crippen molar-refractivity contribution in [3.63, 3.8) is 0 Å². The van der Waals surface area contributed by atoms with Gasteiger partial charge in [-0.1, -0.05) is 20.8 Å². The quantitative estimate of drug-likeness (QED) is 0.901. The maximum absolute atomic E-state index is 6.24. The van der Waals surface area contributed by atoms with Gasteiger partial charge in [-0.05, 0) is 12.8 Å². The number of nitrogen functional groups attached to an aromatic ring is 1. The van der Waals surface area contributed by atoms with E-state index in [0.717, 1.165) is 17.2 Å². The van der Waals surface area contributed by atoms with E-state index in [2.05, 4.69) is 30.3 Å². The average Bonchev–Trinajstić information content (AvgIpc) is 2.98. The summed E-state index contributed by atoms with van der Waals surface area (Å²) in [7, 11) is 1.98. The van der Waals surface area contributed by atoms with Gasteiger partial charge in [0.25, 0.3) is 0 Å². The molecule has 1 fully saturated rings. The van der Waals surface area contributed by atoms with Crippen LogP contribution in [0.1, 0.15) is 45.5 Å². The summed E-state index contributed by atoms with van der Waals surface area (Å²) in [5, 5.41) is 0. The Morgan fingerprint density at radius 1 is 1.32 bits per heavy atom. The van der Waals surface area contributed by atoms with Gasteiger partial charge in [-0.15, -0.1) is 0 Å². The molecule has 3 rings (SSSR count). The molecule has 0 saturated heterocycles. The Morgan fingerprint density at radius 3 is 2.53 bits per heavy atom. The van der Waals surface area contributed by atoms with Crippen LogP contribution in [0.3, 0.4) is 0 Å². The van der Waals surface area contributed by atoms with Crippen LogP contribution in [0.4, 0.5) is 5.82 Å². The molecule has 19 heavy (non-hydrogen) atoms. The topological polar surface area (TPSA) is 61.7 Å². The molecular weight excluding hydrogens is 238 g/mol. The highest BCUT2D eigenvalue weighted by atomic mass is 15.2. The van der Waals surface area contributed by atoms with E-state index in [-0.39, 0.29) is 5.41 Å². The summed E-state index contributed by atoms with van der Waals surface area (Å²) >= 11 is 0. The zero-order chi connectivity index (χ0) is 13.8. The van der Waals surface area contributed by atoms with Gasteiger partial charge in [0.05, 0.1) is 18.2 Å². The van der Waals surface area contributed by atoms with Crippen LogP contribution in [0.2, 0.25) is 0 Å². The number of nitrogens with zero attached hydrogens (tertiary/aromatic N) is 4. The van der Waals surface area contributed by atoms with E-state index in [4.69, 9.17) is 10.7 Å². The summed E-state index contributed by atoms with van der Waals surface area (Å²) in [5.74, 6) is 1.72. The Labute approximate surface area is 113 Å². The van der Waals surface area contributed by atoms with Crippen molar-refractivity contribution in [3.8, 4) is 11.4 Å². The molecule has 1 aliphatic rings. The zero-order valence-corrected chi connectivity index (χ0v) is 12.0. The fourth-order valence-corrected chi connectivity index (χ4v) is 2.50. The van der Waals surface area contributed by atoms with Crippen molar-refractivity contribution in [3.05, 3.63) is 18.3 Å². The van der Waals surface area contributed by atoms with Gasteiger partial charge in [-0.2, -0.15) is 0 Å². The second-order valence-electron chi connectivity index (χ2n) is 6.40. The normalized spacial score (nSPS) is 16.0. The van der Waals surface area contributed by atoms with Crippen molar-refractivity contribution in [2.24, 2.45) is 7.05 Å². The summed E-state index contributed by atoms with van der Waals surface area (Å²) in [5.41, 5.74) is 8.11. The molecule has 0 atom stereocenters. The summed E-state index contributed by atoms with van der Waals surface area (Å²) in [4.78, 5) is 9.03. The molecule has 5 heteroatoms. The van der Waals surface area contributed by atoms with Crippen molar-refractivity contribution in [2.45, 2.75) is 45.1 Å². The highest BCUT2D eigenvalue weighted by Gasteiger charge is 2.29. The van der Waals surface area contributed by atoms with Crippen LogP contribution in [0.5, 0.6) is 0 Å².